The lowest BCUT2D eigenvalue weighted by molar-refractivity contribution is 0.174. The molecule has 0 radical (unpaired) electrons. The van der Waals surface area contributed by atoms with E-state index in [1.54, 1.807) is 24.3 Å². The van der Waals surface area contributed by atoms with Gasteiger partial charge in [0.2, 0.25) is 6.79 Å². The molecule has 0 unspecified atom stereocenters. The van der Waals surface area contributed by atoms with Crippen molar-refractivity contribution in [1.82, 2.24) is 0 Å². The number of carbonyl (C=O) groups is 1. The number of carbonyl (C=O) groups excluding carboxylic acids is 1. The number of nitrogens with one attached hydrogen (secondary N) is 3. The summed E-state index contributed by atoms with van der Waals surface area (Å²) in [5, 5.41) is 9.60. The number of amides is 2. The van der Waals surface area contributed by atoms with Gasteiger partial charge in [-0.3, -0.25) is 5.32 Å². The Kier molecular flexibility index (Phi) is 4.66. The topological polar surface area (TPSA) is 102 Å². The molecule has 2 amide bonds. The molecule has 1 fully saturated rings. The molecular weight excluding hydrogens is 386 g/mol. The molecule has 0 atom stereocenters. The fourth-order valence-corrected chi connectivity index (χ4v) is 3.94. The van der Waals surface area contributed by atoms with E-state index in [1.807, 2.05) is 18.2 Å². The normalized spacial score (nSPS) is 15.3. The molecule has 0 bridgehead atoms. The molecule has 1 aliphatic heterocycles. The largest absolute Gasteiger partial charge is 0.454 e. The van der Waals surface area contributed by atoms with Gasteiger partial charge in [-0.15, -0.1) is 0 Å². The maximum Gasteiger partial charge on any atom is 0.362 e. The molecule has 154 valence electrons. The summed E-state index contributed by atoms with van der Waals surface area (Å²) in [7, 11) is 0. The molecule has 3 N–H and O–H groups in total. The van der Waals surface area contributed by atoms with Gasteiger partial charge in [0.15, 0.2) is 17.2 Å². The second-order valence-electron chi connectivity index (χ2n) is 7.41. The number of ether oxygens (including phenoxy) is 2. The first-order valence-electron chi connectivity index (χ1n) is 9.97. The number of hydrogen-bond acceptors (Lipinski definition) is 6. The Hall–Kier alpha value is -3.68. The van der Waals surface area contributed by atoms with Gasteiger partial charge in [0, 0.05) is 23.2 Å². The van der Waals surface area contributed by atoms with E-state index in [4.69, 9.17) is 13.9 Å². The molecule has 2 heterocycles. The predicted molar refractivity (Wildman–Crippen MR) is 114 cm³/mol. The van der Waals surface area contributed by atoms with Crippen LogP contribution in [-0.4, -0.2) is 18.9 Å². The van der Waals surface area contributed by atoms with Gasteiger partial charge in [0.25, 0.3) is 0 Å². The van der Waals surface area contributed by atoms with Gasteiger partial charge in [-0.25, -0.2) is 9.59 Å². The Morgan fingerprint density at radius 1 is 0.933 bits per heavy atom. The third kappa shape index (κ3) is 3.52. The van der Waals surface area contributed by atoms with E-state index in [1.165, 1.54) is 0 Å². The molecule has 3 aromatic rings. The molecule has 30 heavy (non-hydrogen) atoms. The zero-order valence-electron chi connectivity index (χ0n) is 16.2. The lowest BCUT2D eigenvalue weighted by Gasteiger charge is -2.18. The molecule has 8 nitrogen and oxygen atoms in total. The fraction of sp³-hybridized carbons (Fsp3) is 0.273. The minimum Gasteiger partial charge on any atom is -0.454 e. The lowest BCUT2D eigenvalue weighted by Crippen LogP contribution is -2.26. The first kappa shape index (κ1) is 18.4. The van der Waals surface area contributed by atoms with Gasteiger partial charge in [-0.05, 0) is 37.1 Å². The molecule has 5 rings (SSSR count). The summed E-state index contributed by atoms with van der Waals surface area (Å²) in [5.41, 5.74) is 1.08. The van der Waals surface area contributed by atoms with Crippen LogP contribution < -0.4 is 31.0 Å². The van der Waals surface area contributed by atoms with E-state index in [0.29, 0.717) is 28.5 Å². The van der Waals surface area contributed by atoms with E-state index in [2.05, 4.69) is 16.0 Å². The fourth-order valence-electron chi connectivity index (χ4n) is 3.94. The average Bonchev–Trinajstić information content (AvgIpc) is 3.42. The van der Waals surface area contributed by atoms with Crippen LogP contribution in [-0.2, 0) is 0 Å². The standard InChI is InChI=1S/C22H21N3O5/c26-21-20(25-22(27)24-14-9-10-17-18(11-14)29-12-28-17)19(23-13-5-1-2-6-13)15-7-3-4-8-16(15)30-21/h3-4,7-11,13,23H,1-2,5-6,12H2,(H2,24,25,27). The summed E-state index contributed by atoms with van der Waals surface area (Å²) in [5.74, 6) is 1.18. The van der Waals surface area contributed by atoms with Crippen LogP contribution in [0.5, 0.6) is 11.5 Å². The van der Waals surface area contributed by atoms with Gasteiger partial charge in [0.05, 0.1) is 5.69 Å². The van der Waals surface area contributed by atoms with Crippen LogP contribution in [0.1, 0.15) is 25.7 Å². The van der Waals surface area contributed by atoms with Crippen LogP contribution in [0.25, 0.3) is 11.0 Å². The summed E-state index contributed by atoms with van der Waals surface area (Å²) in [6.45, 7) is 0.152. The highest BCUT2D eigenvalue weighted by molar-refractivity contribution is 6.05. The van der Waals surface area contributed by atoms with Crippen molar-refractivity contribution in [3.63, 3.8) is 0 Å². The van der Waals surface area contributed by atoms with E-state index in [-0.39, 0.29) is 18.5 Å². The number of fused-ring (bicyclic) bond motifs is 2. The third-order valence-corrected chi connectivity index (χ3v) is 5.39. The zero-order valence-corrected chi connectivity index (χ0v) is 16.2. The Balaban J connectivity index is 1.44. The monoisotopic (exact) mass is 407 g/mol. The van der Waals surface area contributed by atoms with Crippen molar-refractivity contribution < 1.29 is 18.7 Å². The lowest BCUT2D eigenvalue weighted by atomic mass is 10.1. The Bertz CT molecular complexity index is 1170. The summed E-state index contributed by atoms with van der Waals surface area (Å²) in [6, 6.07) is 12.1. The van der Waals surface area contributed by atoms with Crippen molar-refractivity contribution in [3.05, 3.63) is 52.9 Å². The van der Waals surface area contributed by atoms with Crippen LogP contribution in [0.2, 0.25) is 0 Å². The highest BCUT2D eigenvalue weighted by Crippen LogP contribution is 2.35. The van der Waals surface area contributed by atoms with Gasteiger partial charge >= 0.3 is 11.7 Å². The van der Waals surface area contributed by atoms with Crippen LogP contribution >= 0.6 is 0 Å². The van der Waals surface area contributed by atoms with Crippen LogP contribution in [0.15, 0.2) is 51.7 Å². The quantitative estimate of drug-likeness (QED) is 0.550. The summed E-state index contributed by atoms with van der Waals surface area (Å²) >= 11 is 0. The van der Waals surface area contributed by atoms with Crippen molar-refractivity contribution >= 4 is 34.1 Å². The molecule has 2 aromatic carbocycles. The van der Waals surface area contributed by atoms with E-state index >= 15 is 0 Å². The number of hydrogen-bond donors (Lipinski definition) is 3. The van der Waals surface area contributed by atoms with E-state index in [0.717, 1.165) is 31.1 Å². The van der Waals surface area contributed by atoms with Gasteiger partial charge in [-0.2, -0.15) is 0 Å². The summed E-state index contributed by atoms with van der Waals surface area (Å²) < 4.78 is 16.0. The molecule has 8 heteroatoms. The minimum absolute atomic E-state index is 0.0962. The summed E-state index contributed by atoms with van der Waals surface area (Å²) in [6.07, 6.45) is 4.34. The predicted octanol–water partition coefficient (Wildman–Crippen LogP) is 4.52. The maximum absolute atomic E-state index is 12.7. The molecule has 1 aromatic heterocycles. The van der Waals surface area contributed by atoms with Crippen LogP contribution in [0.4, 0.5) is 21.9 Å². The Morgan fingerprint density at radius 3 is 2.60 bits per heavy atom. The average molecular weight is 407 g/mol. The van der Waals surface area contributed by atoms with Crippen molar-refractivity contribution in [2.24, 2.45) is 0 Å². The maximum atomic E-state index is 12.7. The first-order chi connectivity index (χ1) is 14.7. The molecule has 0 spiro atoms. The first-order valence-corrected chi connectivity index (χ1v) is 9.97. The SMILES string of the molecule is O=C(Nc1ccc2c(c1)OCO2)Nc1c(NC2CCCC2)c2ccccc2oc1=O. The molecular formula is C22H21N3O5. The van der Waals surface area contributed by atoms with Gasteiger partial charge in [-0.1, -0.05) is 25.0 Å². The molecule has 0 saturated heterocycles. The third-order valence-electron chi connectivity index (χ3n) is 5.39. The second-order valence-corrected chi connectivity index (χ2v) is 7.41. The minimum atomic E-state index is -0.602. The van der Waals surface area contributed by atoms with E-state index in [9.17, 15) is 9.59 Å². The highest BCUT2D eigenvalue weighted by atomic mass is 16.7. The molecule has 1 saturated carbocycles. The number of para-hydroxylation sites is 1. The van der Waals surface area contributed by atoms with Gasteiger partial charge in [0.1, 0.15) is 5.58 Å². The van der Waals surface area contributed by atoms with Crippen molar-refractivity contribution in [3.8, 4) is 11.5 Å². The molecule has 2 aliphatic rings. The Morgan fingerprint density at radius 2 is 1.73 bits per heavy atom. The number of anilines is 3. The number of rotatable bonds is 4. The van der Waals surface area contributed by atoms with Crippen molar-refractivity contribution in [2.45, 2.75) is 31.7 Å². The Labute approximate surface area is 172 Å². The molecule has 1 aliphatic carbocycles. The highest BCUT2D eigenvalue weighted by Gasteiger charge is 2.22. The number of urea groups is 1. The van der Waals surface area contributed by atoms with Crippen LogP contribution in [0.3, 0.4) is 0 Å². The van der Waals surface area contributed by atoms with Crippen molar-refractivity contribution in [2.75, 3.05) is 22.7 Å². The smallest absolute Gasteiger partial charge is 0.362 e. The number of benzene rings is 2. The van der Waals surface area contributed by atoms with E-state index < -0.39 is 11.7 Å². The van der Waals surface area contributed by atoms with Crippen LogP contribution in [0, 0.1) is 0 Å². The summed E-state index contributed by atoms with van der Waals surface area (Å²) in [4.78, 5) is 25.3. The van der Waals surface area contributed by atoms with Crippen molar-refractivity contribution in [1.29, 1.82) is 0 Å². The van der Waals surface area contributed by atoms with Gasteiger partial charge < -0.3 is 24.5 Å². The zero-order chi connectivity index (χ0) is 20.5. The second kappa shape index (κ2) is 7.62.